The van der Waals surface area contributed by atoms with Crippen LogP contribution in [0, 0.1) is 0 Å². The Hall–Kier alpha value is -0.330. The van der Waals surface area contributed by atoms with Crippen LogP contribution in [-0.2, 0) is 19.4 Å². The average molecular weight is 232 g/mol. The number of nitrogens with two attached hydrogens (primary N) is 1. The van der Waals surface area contributed by atoms with Gasteiger partial charge in [-0.05, 0) is 6.92 Å². The third-order valence-electron chi connectivity index (χ3n) is 1.21. The van der Waals surface area contributed by atoms with Gasteiger partial charge in [0.15, 0.2) is 0 Å². The lowest BCUT2D eigenvalue weighted by Gasteiger charge is -2.19. The Balaban J connectivity index is 0. The Morgan fingerprint density at radius 3 is 2.15 bits per heavy atom. The van der Waals surface area contributed by atoms with E-state index in [1.54, 1.807) is 0 Å². The van der Waals surface area contributed by atoms with Crippen LogP contribution < -0.4 is 5.73 Å². The Kier molecular flexibility index (Phi) is 5.57. The third-order valence-corrected chi connectivity index (χ3v) is 2.34. The van der Waals surface area contributed by atoms with E-state index in [0.717, 1.165) is 13.4 Å². The lowest BCUT2D eigenvalue weighted by Crippen LogP contribution is -2.51. The molecule has 5 nitrogen and oxygen atoms in total. The molecule has 0 saturated heterocycles. The van der Waals surface area contributed by atoms with Gasteiger partial charge in [0.05, 0.1) is 12.9 Å². The standard InChI is InChI=1S/C6H13NO4S.ClH/c1-6(7,5(8)11-2)4-12(3,9)10;/h4,7H2,1-3H3;1H. The largest absolute Gasteiger partial charge is 0.468 e. The Morgan fingerprint density at radius 2 is 1.92 bits per heavy atom. The zero-order valence-electron chi connectivity index (χ0n) is 7.73. The van der Waals surface area contributed by atoms with E-state index in [-0.39, 0.29) is 12.4 Å². The fourth-order valence-corrected chi connectivity index (χ4v) is 2.04. The number of hydrogen-bond acceptors (Lipinski definition) is 5. The maximum Gasteiger partial charge on any atom is 0.326 e. The van der Waals surface area contributed by atoms with Gasteiger partial charge in [0.2, 0.25) is 0 Å². The highest BCUT2D eigenvalue weighted by Crippen LogP contribution is 2.05. The van der Waals surface area contributed by atoms with Gasteiger partial charge in [-0.25, -0.2) is 8.42 Å². The molecule has 0 aromatic heterocycles. The van der Waals surface area contributed by atoms with Gasteiger partial charge in [-0.3, -0.25) is 4.79 Å². The summed E-state index contributed by atoms with van der Waals surface area (Å²) in [7, 11) is -2.10. The van der Waals surface area contributed by atoms with Crippen LogP contribution in [0.1, 0.15) is 6.92 Å². The summed E-state index contributed by atoms with van der Waals surface area (Å²) in [5.41, 5.74) is 3.95. The lowest BCUT2D eigenvalue weighted by molar-refractivity contribution is -0.145. The number of sulfone groups is 1. The Morgan fingerprint density at radius 1 is 1.54 bits per heavy atom. The fourth-order valence-electron chi connectivity index (χ4n) is 0.837. The fraction of sp³-hybridized carbons (Fsp3) is 0.833. The van der Waals surface area contributed by atoms with Crippen LogP contribution in [0.2, 0.25) is 0 Å². The SMILES string of the molecule is COC(=O)C(C)(N)CS(C)(=O)=O.Cl. The molecule has 0 aromatic carbocycles. The van der Waals surface area contributed by atoms with E-state index in [0.29, 0.717) is 0 Å². The van der Waals surface area contributed by atoms with Gasteiger partial charge in [-0.1, -0.05) is 0 Å². The van der Waals surface area contributed by atoms with E-state index >= 15 is 0 Å². The Bertz CT molecular complexity index is 272. The summed E-state index contributed by atoms with van der Waals surface area (Å²) >= 11 is 0. The topological polar surface area (TPSA) is 86.5 Å². The van der Waals surface area contributed by atoms with Crippen LogP contribution in [0.4, 0.5) is 0 Å². The Labute approximate surface area is 84.0 Å². The normalized spacial score (nSPS) is 15.4. The number of esters is 1. The molecule has 0 aliphatic heterocycles. The molecular formula is C6H14ClNO4S. The van der Waals surface area contributed by atoms with E-state index in [1.807, 2.05) is 0 Å². The van der Waals surface area contributed by atoms with Crippen molar-refractivity contribution in [2.45, 2.75) is 12.5 Å². The van der Waals surface area contributed by atoms with Crippen molar-refractivity contribution < 1.29 is 17.9 Å². The van der Waals surface area contributed by atoms with Gasteiger partial charge >= 0.3 is 5.97 Å². The molecule has 7 heteroatoms. The minimum Gasteiger partial charge on any atom is -0.468 e. The van der Waals surface area contributed by atoms with E-state index in [1.165, 1.54) is 6.92 Å². The van der Waals surface area contributed by atoms with E-state index in [4.69, 9.17) is 5.73 Å². The summed E-state index contributed by atoms with van der Waals surface area (Å²) < 4.78 is 25.9. The van der Waals surface area contributed by atoms with Crippen molar-refractivity contribution in [1.29, 1.82) is 0 Å². The van der Waals surface area contributed by atoms with Gasteiger partial charge in [0, 0.05) is 6.26 Å². The van der Waals surface area contributed by atoms with Gasteiger partial charge < -0.3 is 10.5 Å². The van der Waals surface area contributed by atoms with E-state index < -0.39 is 27.1 Å². The van der Waals surface area contributed by atoms with Crippen LogP contribution in [-0.4, -0.2) is 39.0 Å². The molecule has 0 saturated carbocycles. The highest BCUT2D eigenvalue weighted by Gasteiger charge is 2.33. The summed E-state index contributed by atoms with van der Waals surface area (Å²) in [5, 5.41) is 0. The quantitative estimate of drug-likeness (QED) is 0.652. The third kappa shape index (κ3) is 5.84. The molecule has 0 spiro atoms. The molecule has 0 radical (unpaired) electrons. The highest BCUT2D eigenvalue weighted by atomic mass is 35.5. The minimum atomic E-state index is -3.26. The number of methoxy groups -OCH3 is 1. The average Bonchev–Trinajstić information content (AvgIpc) is 1.80. The molecule has 0 rings (SSSR count). The van der Waals surface area contributed by atoms with Crippen LogP contribution in [0.25, 0.3) is 0 Å². The monoisotopic (exact) mass is 231 g/mol. The van der Waals surface area contributed by atoms with E-state index in [2.05, 4.69) is 4.74 Å². The molecule has 0 aliphatic rings. The number of rotatable bonds is 3. The minimum absolute atomic E-state index is 0. The first-order chi connectivity index (χ1) is 5.19. The van der Waals surface area contributed by atoms with Gasteiger partial charge in [0.1, 0.15) is 15.4 Å². The predicted molar refractivity (Wildman–Crippen MR) is 51.6 cm³/mol. The smallest absolute Gasteiger partial charge is 0.326 e. The molecular weight excluding hydrogens is 218 g/mol. The first kappa shape index (κ1) is 15.2. The molecule has 2 N–H and O–H groups in total. The maximum atomic E-state index is 10.9. The second-order valence-electron chi connectivity index (χ2n) is 2.98. The molecule has 0 amide bonds. The van der Waals surface area contributed by atoms with Crippen molar-refractivity contribution >= 4 is 28.2 Å². The van der Waals surface area contributed by atoms with E-state index in [9.17, 15) is 13.2 Å². The molecule has 0 aliphatic carbocycles. The molecule has 0 bridgehead atoms. The predicted octanol–water partition coefficient (Wildman–Crippen LogP) is -0.657. The first-order valence-corrected chi connectivity index (χ1v) is 5.30. The highest BCUT2D eigenvalue weighted by molar-refractivity contribution is 7.90. The summed E-state index contributed by atoms with van der Waals surface area (Å²) in [6.45, 7) is 1.32. The van der Waals surface area contributed by atoms with Crippen molar-refractivity contribution in [3.05, 3.63) is 0 Å². The molecule has 1 atom stereocenters. The van der Waals surface area contributed by atoms with Gasteiger partial charge in [-0.15, -0.1) is 12.4 Å². The number of hydrogen-bond donors (Lipinski definition) is 1. The summed E-state index contributed by atoms with van der Waals surface area (Å²) in [6, 6.07) is 0. The molecule has 1 unspecified atom stereocenters. The molecule has 0 aromatic rings. The van der Waals surface area contributed by atoms with Crippen molar-refractivity contribution in [2.75, 3.05) is 19.1 Å². The van der Waals surface area contributed by atoms with Crippen molar-refractivity contribution in [1.82, 2.24) is 0 Å². The first-order valence-electron chi connectivity index (χ1n) is 3.24. The van der Waals surface area contributed by atoms with Crippen LogP contribution >= 0.6 is 12.4 Å². The number of carbonyl (C=O) groups excluding carboxylic acids is 1. The number of ether oxygens (including phenoxy) is 1. The zero-order chi connectivity index (χ0) is 9.99. The van der Waals surface area contributed by atoms with Crippen molar-refractivity contribution in [3.8, 4) is 0 Å². The van der Waals surface area contributed by atoms with Crippen LogP contribution in [0.3, 0.4) is 0 Å². The van der Waals surface area contributed by atoms with Crippen molar-refractivity contribution in [3.63, 3.8) is 0 Å². The van der Waals surface area contributed by atoms with Crippen molar-refractivity contribution in [2.24, 2.45) is 5.73 Å². The maximum absolute atomic E-state index is 10.9. The molecule has 0 fully saturated rings. The molecule has 0 heterocycles. The summed E-state index contributed by atoms with van der Waals surface area (Å²) in [4.78, 5) is 10.9. The van der Waals surface area contributed by atoms with Gasteiger partial charge in [0.25, 0.3) is 0 Å². The van der Waals surface area contributed by atoms with Crippen LogP contribution in [0.5, 0.6) is 0 Å². The zero-order valence-corrected chi connectivity index (χ0v) is 9.37. The second-order valence-corrected chi connectivity index (χ2v) is 5.12. The summed E-state index contributed by atoms with van der Waals surface area (Å²) in [6.07, 6.45) is 1.01. The summed E-state index contributed by atoms with van der Waals surface area (Å²) in [5.74, 6) is -1.14. The lowest BCUT2D eigenvalue weighted by atomic mass is 10.1. The van der Waals surface area contributed by atoms with Crippen LogP contribution in [0.15, 0.2) is 0 Å². The second kappa shape index (κ2) is 4.78. The molecule has 80 valence electrons. The molecule has 13 heavy (non-hydrogen) atoms. The number of halogens is 1. The number of carbonyl (C=O) groups is 1. The van der Waals surface area contributed by atoms with Gasteiger partial charge in [-0.2, -0.15) is 0 Å².